The van der Waals surface area contributed by atoms with Crippen LogP contribution in [0.25, 0.3) is 0 Å². The smallest absolute Gasteiger partial charge is 0.219 e. The second kappa shape index (κ2) is 16.8. The quantitative estimate of drug-likeness (QED) is 0.510. The van der Waals surface area contributed by atoms with Crippen molar-refractivity contribution in [2.24, 2.45) is 17.6 Å². The highest BCUT2D eigenvalue weighted by Gasteiger charge is 2.19. The molecule has 2 amide bonds. The van der Waals surface area contributed by atoms with Gasteiger partial charge in [-0.25, -0.2) is 4.39 Å². The van der Waals surface area contributed by atoms with Crippen molar-refractivity contribution in [2.75, 3.05) is 20.1 Å². The Balaban J connectivity index is 0.000000524. The van der Waals surface area contributed by atoms with Crippen LogP contribution in [0.15, 0.2) is 12.1 Å². The molecule has 6 nitrogen and oxygen atoms in total. The van der Waals surface area contributed by atoms with Crippen molar-refractivity contribution in [2.45, 2.75) is 51.9 Å². The lowest BCUT2D eigenvalue weighted by atomic mass is 9.94. The van der Waals surface area contributed by atoms with Crippen molar-refractivity contribution in [1.82, 2.24) is 10.6 Å². The first-order chi connectivity index (χ1) is 14.4. The summed E-state index contributed by atoms with van der Waals surface area (Å²) in [6, 6.07) is 3.13. The predicted molar refractivity (Wildman–Crippen MR) is 119 cm³/mol. The molecule has 1 aliphatic rings. The molecule has 0 saturated heterocycles. The summed E-state index contributed by atoms with van der Waals surface area (Å²) in [5.41, 5.74) is 7.20. The Morgan fingerprint density at radius 1 is 1.37 bits per heavy atom. The van der Waals surface area contributed by atoms with Gasteiger partial charge in [0.1, 0.15) is 12.6 Å². The molecule has 0 bridgehead atoms. The highest BCUT2D eigenvalue weighted by Crippen LogP contribution is 2.31. The van der Waals surface area contributed by atoms with Gasteiger partial charge in [0.05, 0.1) is 0 Å². The zero-order valence-corrected chi connectivity index (χ0v) is 18.8. The Kier molecular flexibility index (Phi) is 15.7. The van der Waals surface area contributed by atoms with E-state index in [2.05, 4.69) is 10.6 Å². The highest BCUT2D eigenvalue weighted by atomic mass is 35.5. The number of amides is 2. The van der Waals surface area contributed by atoms with Crippen molar-refractivity contribution in [3.63, 3.8) is 0 Å². The predicted octanol–water partition coefficient (Wildman–Crippen LogP) is 3.17. The fraction of sp³-hybridized carbons (Fsp3) is 0.591. The third-order valence-electron chi connectivity index (χ3n) is 5.32. The largest absolute Gasteiger partial charge is 0.359 e. The van der Waals surface area contributed by atoms with E-state index in [1.54, 1.807) is 13.1 Å². The topological polar surface area (TPSA) is 101 Å². The lowest BCUT2D eigenvalue weighted by molar-refractivity contribution is -0.120. The molecule has 0 radical (unpaired) electrons. The first-order valence-electron chi connectivity index (χ1n) is 10.2. The molecule has 1 aliphatic carbocycles. The van der Waals surface area contributed by atoms with Crippen LogP contribution >= 0.6 is 11.6 Å². The highest BCUT2D eigenvalue weighted by molar-refractivity contribution is 6.31. The van der Waals surface area contributed by atoms with Gasteiger partial charge in [0.15, 0.2) is 0 Å². The normalized spacial score (nSPS) is 13.9. The first kappa shape index (κ1) is 28.0. The van der Waals surface area contributed by atoms with Crippen LogP contribution in [0.3, 0.4) is 0 Å². The monoisotopic (exact) mass is 443 g/mol. The molecule has 1 aromatic rings. The molecular formula is C22H35ClFN3O3. The minimum absolute atomic E-state index is 0.00422. The fourth-order valence-electron chi connectivity index (χ4n) is 3.43. The van der Waals surface area contributed by atoms with Crippen LogP contribution in [0.1, 0.15) is 49.7 Å². The minimum Gasteiger partial charge on any atom is -0.359 e. The molecule has 170 valence electrons. The average Bonchev–Trinajstić information content (AvgIpc) is 3.29. The second-order valence-corrected chi connectivity index (χ2v) is 7.73. The molecule has 2 rings (SSSR count). The molecule has 0 heterocycles. The van der Waals surface area contributed by atoms with E-state index in [0.717, 1.165) is 17.5 Å². The zero-order valence-electron chi connectivity index (χ0n) is 18.0. The molecule has 30 heavy (non-hydrogen) atoms. The van der Waals surface area contributed by atoms with E-state index in [1.165, 1.54) is 31.7 Å². The van der Waals surface area contributed by atoms with Crippen LogP contribution < -0.4 is 16.4 Å². The van der Waals surface area contributed by atoms with E-state index < -0.39 is 0 Å². The van der Waals surface area contributed by atoms with Gasteiger partial charge in [0.25, 0.3) is 0 Å². The molecule has 1 unspecified atom stereocenters. The van der Waals surface area contributed by atoms with E-state index in [9.17, 15) is 14.0 Å². The molecule has 4 N–H and O–H groups in total. The Morgan fingerprint density at radius 2 is 2.00 bits per heavy atom. The Morgan fingerprint density at radius 3 is 2.53 bits per heavy atom. The number of nitrogens with one attached hydrogen (secondary N) is 2. The van der Waals surface area contributed by atoms with Gasteiger partial charge in [-0.2, -0.15) is 0 Å². The third-order valence-corrected chi connectivity index (χ3v) is 5.73. The van der Waals surface area contributed by atoms with E-state index in [1.807, 2.05) is 13.7 Å². The summed E-state index contributed by atoms with van der Waals surface area (Å²) in [6.07, 6.45) is 7.74. The van der Waals surface area contributed by atoms with E-state index in [-0.39, 0.29) is 17.6 Å². The number of halogens is 2. The Labute approximate surface area is 184 Å². The van der Waals surface area contributed by atoms with Crippen molar-refractivity contribution in [3.8, 4) is 0 Å². The van der Waals surface area contributed by atoms with Gasteiger partial charge in [0.2, 0.25) is 12.3 Å². The van der Waals surface area contributed by atoms with Gasteiger partial charge in [-0.1, -0.05) is 37.3 Å². The number of hydrogen-bond acceptors (Lipinski definition) is 4. The number of benzene rings is 1. The van der Waals surface area contributed by atoms with Crippen LogP contribution in [0.5, 0.6) is 0 Å². The van der Waals surface area contributed by atoms with Crippen LogP contribution in [0.2, 0.25) is 5.02 Å². The minimum atomic E-state index is -0.0937. The van der Waals surface area contributed by atoms with Crippen molar-refractivity contribution < 1.29 is 18.8 Å². The summed E-state index contributed by atoms with van der Waals surface area (Å²) in [5, 5.41) is 5.76. The van der Waals surface area contributed by atoms with E-state index >= 15 is 0 Å². The van der Waals surface area contributed by atoms with Gasteiger partial charge in [-0.15, -0.1) is 0 Å². The number of hydrogen-bond donors (Lipinski definition) is 3. The summed E-state index contributed by atoms with van der Waals surface area (Å²) in [7, 11) is 1.60. The molecule has 0 aliphatic heterocycles. The summed E-state index contributed by atoms with van der Waals surface area (Å²) in [6.45, 7) is 4.94. The van der Waals surface area contributed by atoms with E-state index in [4.69, 9.17) is 22.1 Å². The molecule has 1 saturated carbocycles. The maximum atomic E-state index is 13.6. The first-order valence-corrected chi connectivity index (χ1v) is 10.6. The zero-order chi connectivity index (χ0) is 22.9. The van der Waals surface area contributed by atoms with E-state index in [0.29, 0.717) is 43.3 Å². The molecule has 0 aromatic heterocycles. The summed E-state index contributed by atoms with van der Waals surface area (Å²) in [4.78, 5) is 28.9. The van der Waals surface area contributed by atoms with Gasteiger partial charge in [-0.05, 0) is 61.4 Å². The number of rotatable bonds is 9. The molecule has 1 aromatic carbocycles. The number of nitrogens with two attached hydrogens (primary N) is 1. The van der Waals surface area contributed by atoms with Crippen molar-refractivity contribution in [3.05, 3.63) is 34.1 Å². The van der Waals surface area contributed by atoms with Crippen LogP contribution in [0, 0.1) is 24.6 Å². The standard InChI is InChI=1S/C13H16ClF.C8H17N3O2.CH2O/c1-9-11(8-10-4-2-3-5-10)13(15)7-6-12(9)14;1-10-8(13)3-2-7(4-9)5-11-6-12;1-2/h6-7,10H,2-5,8H2,1H3;6-7H,2-5,9H2,1H3,(H,10,13)(H,11,12);1H2. The van der Waals surface area contributed by atoms with Crippen LogP contribution in [-0.4, -0.2) is 39.2 Å². The molecule has 0 spiro atoms. The van der Waals surface area contributed by atoms with Crippen LogP contribution in [0.4, 0.5) is 4.39 Å². The summed E-state index contributed by atoms with van der Waals surface area (Å²) < 4.78 is 13.6. The van der Waals surface area contributed by atoms with Gasteiger partial charge in [-0.3, -0.25) is 9.59 Å². The molecule has 1 fully saturated rings. The van der Waals surface area contributed by atoms with Gasteiger partial charge < -0.3 is 21.2 Å². The third kappa shape index (κ3) is 10.7. The molecule has 1 atom stereocenters. The average molecular weight is 444 g/mol. The van der Waals surface area contributed by atoms with Crippen LogP contribution in [-0.2, 0) is 20.8 Å². The van der Waals surface area contributed by atoms with Gasteiger partial charge >= 0.3 is 0 Å². The molecular weight excluding hydrogens is 409 g/mol. The summed E-state index contributed by atoms with van der Waals surface area (Å²) in [5.74, 6) is 0.757. The molecule has 8 heteroatoms. The van der Waals surface area contributed by atoms with Crippen molar-refractivity contribution in [1.29, 1.82) is 0 Å². The Bertz CT molecular complexity index is 640. The maximum absolute atomic E-state index is 13.6. The lowest BCUT2D eigenvalue weighted by Crippen LogP contribution is -2.29. The maximum Gasteiger partial charge on any atom is 0.219 e. The SMILES string of the molecule is C=O.CNC(=O)CCC(CN)CNC=O.Cc1c(Cl)ccc(F)c1CC1CCCC1. The van der Waals surface area contributed by atoms with Gasteiger partial charge in [0, 0.05) is 25.0 Å². The second-order valence-electron chi connectivity index (χ2n) is 7.33. The Hall–Kier alpha value is -1.99. The number of carbonyl (C=O) groups excluding carboxylic acids is 3. The number of carbonyl (C=O) groups is 3. The fourth-order valence-corrected chi connectivity index (χ4v) is 3.60. The summed E-state index contributed by atoms with van der Waals surface area (Å²) >= 11 is 6.00. The van der Waals surface area contributed by atoms with Crippen molar-refractivity contribution >= 4 is 30.7 Å². The lowest BCUT2D eigenvalue weighted by Gasteiger charge is -2.13.